The van der Waals surface area contributed by atoms with Gasteiger partial charge in [0.05, 0.1) is 0 Å². The van der Waals surface area contributed by atoms with E-state index in [1.165, 1.54) is 12.1 Å². The number of anilines is 1. The van der Waals surface area contributed by atoms with Crippen molar-refractivity contribution in [2.45, 2.75) is 6.92 Å². The van der Waals surface area contributed by atoms with Crippen molar-refractivity contribution in [3.05, 3.63) is 95.8 Å². The van der Waals surface area contributed by atoms with Crippen molar-refractivity contribution >= 4 is 24.0 Å². The van der Waals surface area contributed by atoms with Crippen LogP contribution in [-0.4, -0.2) is 12.9 Å². The third-order valence-electron chi connectivity index (χ3n) is 4.17. The molecule has 122 valence electrons. The van der Waals surface area contributed by atoms with Crippen LogP contribution in [0.3, 0.4) is 0 Å². The molecule has 1 aliphatic rings. The summed E-state index contributed by atoms with van der Waals surface area (Å²) >= 11 is 0. The molecule has 1 heterocycles. The van der Waals surface area contributed by atoms with E-state index in [0.717, 1.165) is 22.3 Å². The molecule has 25 heavy (non-hydrogen) atoms. The second-order valence-corrected chi connectivity index (χ2v) is 6.00. The number of amidine groups is 1. The largest absolute Gasteiger partial charge is 0.550 e. The van der Waals surface area contributed by atoms with Gasteiger partial charge in [0.2, 0.25) is 0 Å². The Bertz CT molecular complexity index is 912. The maximum atomic E-state index is 13.3. The molecule has 0 bridgehead atoms. The Labute approximate surface area is 146 Å². The molecule has 3 aromatic carbocycles. The highest BCUT2D eigenvalue weighted by Crippen LogP contribution is 2.25. The Morgan fingerprint density at radius 1 is 0.920 bits per heavy atom. The van der Waals surface area contributed by atoms with Gasteiger partial charge in [-0.1, -0.05) is 47.6 Å². The quantitative estimate of drug-likeness (QED) is 0.684. The van der Waals surface area contributed by atoms with Crippen molar-refractivity contribution in [2.75, 3.05) is 4.81 Å². The van der Waals surface area contributed by atoms with E-state index in [9.17, 15) is 4.39 Å². The minimum Gasteiger partial charge on any atom is -0.432 e. The first kappa shape index (κ1) is 15.5. The summed E-state index contributed by atoms with van der Waals surface area (Å²) in [6.07, 6.45) is 0. The summed E-state index contributed by atoms with van der Waals surface area (Å²) in [5.74, 6) is 0.393. The average Bonchev–Trinajstić information content (AvgIpc) is 3.08. The number of halogens is 1. The highest BCUT2D eigenvalue weighted by Gasteiger charge is 2.39. The molecule has 1 aliphatic heterocycles. The van der Waals surface area contributed by atoms with Gasteiger partial charge in [0.25, 0.3) is 0 Å². The van der Waals surface area contributed by atoms with E-state index in [1.807, 2.05) is 60.3 Å². The first-order valence-corrected chi connectivity index (χ1v) is 8.13. The van der Waals surface area contributed by atoms with Gasteiger partial charge in [0, 0.05) is 11.3 Å². The Kier molecular flexibility index (Phi) is 3.98. The van der Waals surface area contributed by atoms with Crippen molar-refractivity contribution < 1.29 is 9.15 Å². The molecular formula is C20H16BFN2O. The molecule has 3 nitrogen and oxygen atoms in total. The topological polar surface area (TPSA) is 24.8 Å². The minimum absolute atomic E-state index is 0.273. The van der Waals surface area contributed by atoms with Crippen LogP contribution < -0.4 is 10.3 Å². The molecule has 3 aromatic rings. The van der Waals surface area contributed by atoms with Gasteiger partial charge in [-0.05, 0) is 54.3 Å². The van der Waals surface area contributed by atoms with Crippen LogP contribution in [0.25, 0.3) is 0 Å². The van der Waals surface area contributed by atoms with E-state index in [-0.39, 0.29) is 12.9 Å². The molecular weight excluding hydrogens is 314 g/mol. The fourth-order valence-corrected chi connectivity index (χ4v) is 2.96. The van der Waals surface area contributed by atoms with Crippen molar-refractivity contribution in [3.63, 3.8) is 0 Å². The highest BCUT2D eigenvalue weighted by atomic mass is 19.1. The van der Waals surface area contributed by atoms with E-state index in [0.29, 0.717) is 5.84 Å². The minimum atomic E-state index is -0.358. The van der Waals surface area contributed by atoms with Crippen LogP contribution in [0.15, 0.2) is 84.0 Å². The zero-order valence-electron chi connectivity index (χ0n) is 13.8. The van der Waals surface area contributed by atoms with Gasteiger partial charge in [-0.3, -0.25) is 0 Å². The molecule has 0 atom stereocenters. The molecule has 0 spiro atoms. The van der Waals surface area contributed by atoms with Crippen LogP contribution in [0.5, 0.6) is 0 Å². The van der Waals surface area contributed by atoms with E-state index >= 15 is 0 Å². The molecule has 0 N–H and O–H groups in total. The lowest BCUT2D eigenvalue weighted by molar-refractivity contribution is 0.367. The predicted molar refractivity (Wildman–Crippen MR) is 99.5 cm³/mol. The SMILES string of the molecule is Cc1cccc(N2B(c3ccccc3)ON=C2c2ccc(F)cc2)c1. The standard InChI is InChI=1S/C20H16BFN2O/c1-15-6-5-9-19(14-15)24-20(16-10-12-18(22)13-11-16)23-25-21(24)17-7-3-2-4-8-17/h2-14H,1H3. The van der Waals surface area contributed by atoms with Gasteiger partial charge in [0.15, 0.2) is 5.84 Å². The summed E-state index contributed by atoms with van der Waals surface area (Å²) < 4.78 is 19.1. The lowest BCUT2D eigenvalue weighted by atomic mass is 9.71. The number of nitrogens with zero attached hydrogens (tertiary/aromatic N) is 2. The fraction of sp³-hybridized carbons (Fsp3) is 0.0500. The maximum absolute atomic E-state index is 13.3. The maximum Gasteiger partial charge on any atom is 0.550 e. The third-order valence-corrected chi connectivity index (χ3v) is 4.17. The molecule has 0 saturated carbocycles. The molecule has 0 amide bonds. The van der Waals surface area contributed by atoms with E-state index in [4.69, 9.17) is 4.76 Å². The van der Waals surface area contributed by atoms with Gasteiger partial charge in [-0.15, -0.1) is 0 Å². The van der Waals surface area contributed by atoms with Crippen LogP contribution >= 0.6 is 0 Å². The number of oxime groups is 1. The smallest absolute Gasteiger partial charge is 0.432 e. The lowest BCUT2D eigenvalue weighted by Gasteiger charge is -2.23. The second-order valence-electron chi connectivity index (χ2n) is 6.00. The van der Waals surface area contributed by atoms with Crippen molar-refractivity contribution in [1.29, 1.82) is 0 Å². The third kappa shape index (κ3) is 3.01. The van der Waals surface area contributed by atoms with E-state index in [1.54, 1.807) is 12.1 Å². The zero-order chi connectivity index (χ0) is 17.2. The fourth-order valence-electron chi connectivity index (χ4n) is 2.96. The first-order chi connectivity index (χ1) is 12.2. The van der Waals surface area contributed by atoms with Gasteiger partial charge in [0.1, 0.15) is 5.82 Å². The Morgan fingerprint density at radius 2 is 1.68 bits per heavy atom. The number of rotatable bonds is 3. The number of hydrogen-bond acceptors (Lipinski definition) is 3. The van der Waals surface area contributed by atoms with E-state index in [2.05, 4.69) is 11.2 Å². The second kappa shape index (κ2) is 6.44. The van der Waals surface area contributed by atoms with Crippen molar-refractivity contribution in [3.8, 4) is 0 Å². The Balaban J connectivity index is 1.80. The van der Waals surface area contributed by atoms with Crippen LogP contribution in [0.1, 0.15) is 11.1 Å². The summed E-state index contributed by atoms with van der Waals surface area (Å²) in [5.41, 5.74) is 3.94. The molecule has 0 aromatic heterocycles. The van der Waals surface area contributed by atoms with Crippen molar-refractivity contribution in [2.24, 2.45) is 5.16 Å². The number of aryl methyl sites for hydroxylation is 1. The lowest BCUT2D eigenvalue weighted by Crippen LogP contribution is -2.49. The number of benzene rings is 3. The van der Waals surface area contributed by atoms with Crippen LogP contribution in [0.2, 0.25) is 0 Å². The van der Waals surface area contributed by atoms with Crippen LogP contribution in [-0.2, 0) is 4.76 Å². The van der Waals surface area contributed by atoms with Gasteiger partial charge in [-0.25, -0.2) is 4.39 Å². The van der Waals surface area contributed by atoms with Gasteiger partial charge in [-0.2, -0.15) is 0 Å². The molecule has 4 rings (SSSR count). The highest BCUT2D eigenvalue weighted by molar-refractivity contribution is 6.76. The summed E-state index contributed by atoms with van der Waals surface area (Å²) in [6.45, 7) is 2.05. The summed E-state index contributed by atoms with van der Waals surface area (Å²) in [7, 11) is -0.358. The first-order valence-electron chi connectivity index (χ1n) is 8.13. The van der Waals surface area contributed by atoms with Crippen LogP contribution in [0.4, 0.5) is 10.1 Å². The molecule has 0 radical (unpaired) electrons. The zero-order valence-corrected chi connectivity index (χ0v) is 13.8. The molecule has 0 aliphatic carbocycles. The van der Waals surface area contributed by atoms with Gasteiger partial charge >= 0.3 is 7.05 Å². The monoisotopic (exact) mass is 330 g/mol. The average molecular weight is 330 g/mol. The van der Waals surface area contributed by atoms with Crippen LogP contribution in [0, 0.1) is 12.7 Å². The molecule has 0 unspecified atom stereocenters. The molecule has 0 fully saturated rings. The van der Waals surface area contributed by atoms with Crippen molar-refractivity contribution in [1.82, 2.24) is 0 Å². The summed E-state index contributed by atoms with van der Waals surface area (Å²) in [4.78, 5) is 2.04. The summed E-state index contributed by atoms with van der Waals surface area (Å²) in [6, 6.07) is 24.4. The number of hydrogen-bond donors (Lipinski definition) is 0. The Hall–Kier alpha value is -3.08. The van der Waals surface area contributed by atoms with Gasteiger partial charge < -0.3 is 9.57 Å². The predicted octanol–water partition coefficient (Wildman–Crippen LogP) is 3.73. The molecule has 5 heteroatoms. The Morgan fingerprint density at radius 3 is 2.40 bits per heavy atom. The normalized spacial score (nSPS) is 13.6. The summed E-state index contributed by atoms with van der Waals surface area (Å²) in [5, 5.41) is 4.30. The molecule has 0 saturated heterocycles. The van der Waals surface area contributed by atoms with E-state index < -0.39 is 0 Å².